The Kier molecular flexibility index (Phi) is 16.8. The number of amides is 3. The molecule has 3 amide bonds. The van der Waals surface area contributed by atoms with Crippen LogP contribution in [0.15, 0.2) is 5.18 Å². The van der Waals surface area contributed by atoms with Crippen molar-refractivity contribution in [2.24, 2.45) is 5.18 Å². The largest absolute Gasteiger partial charge is 0.395 e. The summed E-state index contributed by atoms with van der Waals surface area (Å²) in [6.45, 7) is 11.4. The number of nitrogens with zero attached hydrogens (tertiary/aromatic N) is 7. The topological polar surface area (TPSA) is 141 Å². The van der Waals surface area contributed by atoms with Gasteiger partial charge in [-0.25, -0.2) is 0 Å². The number of carbonyl (C=O) groups excluding carboxylic acids is 3. The zero-order chi connectivity index (χ0) is 27.6. The average molecular weight is 530 g/mol. The fourth-order valence-electron chi connectivity index (χ4n) is 4.21. The predicted octanol–water partition coefficient (Wildman–Crippen LogP) is -0.755. The number of hydrogen-bond acceptors (Lipinski definition) is 10. The number of aliphatic hydroxyl groups is 2. The highest BCUT2D eigenvalue weighted by Crippen LogP contribution is 2.13. The maximum absolute atomic E-state index is 13.1. The van der Waals surface area contributed by atoms with Crippen LogP contribution >= 0.6 is 0 Å². The van der Waals surface area contributed by atoms with Crippen LogP contribution in [0.5, 0.6) is 0 Å². The second-order valence-corrected chi connectivity index (χ2v) is 9.08. The Bertz CT molecular complexity index is 660. The SMILES string of the molecule is CCN(CCO)CCC(=O)N1CN(C(=O)CCN(CC)CCO)CN(C(=O)CCN(CC)CCN=O)C1. The third-order valence-electron chi connectivity index (χ3n) is 6.69. The van der Waals surface area contributed by atoms with Gasteiger partial charge in [0.15, 0.2) is 0 Å². The van der Waals surface area contributed by atoms with Crippen LogP contribution in [-0.2, 0) is 14.4 Å². The third kappa shape index (κ3) is 12.3. The molecule has 0 spiro atoms. The van der Waals surface area contributed by atoms with Gasteiger partial charge in [0.25, 0.3) is 0 Å². The van der Waals surface area contributed by atoms with E-state index in [9.17, 15) is 29.5 Å². The van der Waals surface area contributed by atoms with Crippen LogP contribution in [0.3, 0.4) is 0 Å². The molecule has 2 N–H and O–H groups in total. The molecule has 0 atom stereocenters. The number of nitroso groups, excluding NO2 is 1. The minimum atomic E-state index is -0.168. The molecule has 1 rings (SSSR count). The first kappa shape index (κ1) is 32.8. The Balaban J connectivity index is 2.88. The van der Waals surface area contributed by atoms with Gasteiger partial charge in [0, 0.05) is 58.5 Å². The molecule has 13 heteroatoms. The van der Waals surface area contributed by atoms with Crippen molar-refractivity contribution >= 4 is 17.7 Å². The highest BCUT2D eigenvalue weighted by Gasteiger charge is 2.32. The van der Waals surface area contributed by atoms with Crippen molar-refractivity contribution in [2.45, 2.75) is 40.0 Å². The summed E-state index contributed by atoms with van der Waals surface area (Å²) >= 11 is 0. The Labute approximate surface area is 220 Å². The number of rotatable bonds is 19. The van der Waals surface area contributed by atoms with Crippen molar-refractivity contribution in [2.75, 3.05) is 98.7 Å². The Morgan fingerprint density at radius 2 is 0.946 bits per heavy atom. The van der Waals surface area contributed by atoms with Gasteiger partial charge in [-0.1, -0.05) is 25.9 Å². The summed E-state index contributed by atoms with van der Waals surface area (Å²) in [5, 5.41) is 21.3. The van der Waals surface area contributed by atoms with Crippen LogP contribution in [0, 0.1) is 4.91 Å². The molecule has 0 aliphatic carbocycles. The van der Waals surface area contributed by atoms with E-state index in [2.05, 4.69) is 5.18 Å². The van der Waals surface area contributed by atoms with Gasteiger partial charge < -0.3 is 39.6 Å². The maximum Gasteiger partial charge on any atom is 0.226 e. The minimum absolute atomic E-state index is 0.0129. The van der Waals surface area contributed by atoms with E-state index in [4.69, 9.17) is 0 Å². The highest BCUT2D eigenvalue weighted by atomic mass is 16.3. The van der Waals surface area contributed by atoms with Crippen molar-refractivity contribution in [3.05, 3.63) is 4.91 Å². The molecule has 0 unspecified atom stereocenters. The van der Waals surface area contributed by atoms with Crippen LogP contribution in [-0.4, -0.2) is 156 Å². The molecule has 0 bridgehead atoms. The van der Waals surface area contributed by atoms with Gasteiger partial charge in [0.1, 0.15) is 0 Å². The van der Waals surface area contributed by atoms with Gasteiger partial charge in [-0.2, -0.15) is 4.91 Å². The lowest BCUT2D eigenvalue weighted by molar-refractivity contribution is -0.159. The smallest absolute Gasteiger partial charge is 0.226 e. The normalized spacial score (nSPS) is 14.2. The second-order valence-electron chi connectivity index (χ2n) is 9.08. The zero-order valence-corrected chi connectivity index (χ0v) is 22.9. The van der Waals surface area contributed by atoms with Crippen LogP contribution in [0.2, 0.25) is 0 Å². The summed E-state index contributed by atoms with van der Waals surface area (Å²) in [4.78, 5) is 60.2. The molecular formula is C24H47N7O6. The average Bonchev–Trinajstić information content (AvgIpc) is 2.92. The predicted molar refractivity (Wildman–Crippen MR) is 140 cm³/mol. The lowest BCUT2D eigenvalue weighted by Gasteiger charge is -2.42. The molecule has 1 fully saturated rings. The summed E-state index contributed by atoms with van der Waals surface area (Å²) in [7, 11) is 0. The molecule has 1 aliphatic heterocycles. The number of likely N-dealkylation sites (N-methyl/N-ethyl adjacent to an activating group) is 3. The first-order chi connectivity index (χ1) is 17.8. The number of hydrogen-bond donors (Lipinski definition) is 2. The van der Waals surface area contributed by atoms with Crippen LogP contribution < -0.4 is 0 Å². The maximum atomic E-state index is 13.1. The Morgan fingerprint density at radius 3 is 1.22 bits per heavy atom. The Hall–Kier alpha value is -2.19. The van der Waals surface area contributed by atoms with E-state index in [0.717, 1.165) is 0 Å². The summed E-state index contributed by atoms with van der Waals surface area (Å²) in [5.41, 5.74) is 0. The molecule has 0 radical (unpaired) electrons. The molecule has 1 heterocycles. The third-order valence-corrected chi connectivity index (χ3v) is 6.69. The van der Waals surface area contributed by atoms with Crippen molar-refractivity contribution in [3.8, 4) is 0 Å². The van der Waals surface area contributed by atoms with E-state index in [1.54, 1.807) is 0 Å². The first-order valence-electron chi connectivity index (χ1n) is 13.3. The molecule has 0 aromatic rings. The summed E-state index contributed by atoms with van der Waals surface area (Å²) in [6, 6.07) is 0. The van der Waals surface area contributed by atoms with Gasteiger partial charge in [-0.15, -0.1) is 0 Å². The van der Waals surface area contributed by atoms with Gasteiger partial charge in [-0.3, -0.25) is 14.4 Å². The molecule has 0 aromatic heterocycles. The van der Waals surface area contributed by atoms with Crippen LogP contribution in [0.1, 0.15) is 40.0 Å². The number of carbonyl (C=O) groups is 3. The van der Waals surface area contributed by atoms with Crippen molar-refractivity contribution < 1.29 is 24.6 Å². The summed E-state index contributed by atoms with van der Waals surface area (Å²) in [5.74, 6) is -0.484. The molecule has 1 saturated heterocycles. The molecule has 0 aromatic carbocycles. The van der Waals surface area contributed by atoms with E-state index >= 15 is 0 Å². The van der Waals surface area contributed by atoms with Gasteiger partial charge in [0.2, 0.25) is 17.7 Å². The first-order valence-corrected chi connectivity index (χ1v) is 13.3. The number of aliphatic hydroxyl groups excluding tert-OH is 2. The molecule has 0 saturated carbocycles. The lowest BCUT2D eigenvalue weighted by Crippen LogP contribution is -2.60. The van der Waals surface area contributed by atoms with Crippen molar-refractivity contribution in [1.29, 1.82) is 0 Å². The molecule has 13 nitrogen and oxygen atoms in total. The fraction of sp³-hybridized carbons (Fsp3) is 0.875. The lowest BCUT2D eigenvalue weighted by atomic mass is 10.2. The summed E-state index contributed by atoms with van der Waals surface area (Å²) < 4.78 is 0. The van der Waals surface area contributed by atoms with E-state index in [-0.39, 0.29) is 76.7 Å². The van der Waals surface area contributed by atoms with Crippen molar-refractivity contribution in [3.63, 3.8) is 0 Å². The molecule has 1 aliphatic rings. The van der Waals surface area contributed by atoms with Gasteiger partial charge in [-0.05, 0) is 19.6 Å². The molecule has 214 valence electrons. The van der Waals surface area contributed by atoms with E-state index in [1.807, 2.05) is 35.5 Å². The van der Waals surface area contributed by atoms with Crippen LogP contribution in [0.25, 0.3) is 0 Å². The Morgan fingerprint density at radius 1 is 0.622 bits per heavy atom. The fourth-order valence-corrected chi connectivity index (χ4v) is 4.21. The van der Waals surface area contributed by atoms with Gasteiger partial charge >= 0.3 is 0 Å². The quantitative estimate of drug-likeness (QED) is 0.207. The highest BCUT2D eigenvalue weighted by molar-refractivity contribution is 5.82. The molecular weight excluding hydrogens is 482 g/mol. The summed E-state index contributed by atoms with van der Waals surface area (Å²) in [6.07, 6.45) is 0.650. The second kappa shape index (κ2) is 19.0. The van der Waals surface area contributed by atoms with Gasteiger partial charge in [0.05, 0.1) is 39.8 Å². The van der Waals surface area contributed by atoms with E-state index in [1.165, 1.54) is 14.7 Å². The minimum Gasteiger partial charge on any atom is -0.395 e. The monoisotopic (exact) mass is 529 g/mol. The zero-order valence-electron chi connectivity index (χ0n) is 22.9. The van der Waals surface area contributed by atoms with Crippen molar-refractivity contribution in [1.82, 2.24) is 29.4 Å². The van der Waals surface area contributed by atoms with E-state index in [0.29, 0.717) is 58.9 Å². The van der Waals surface area contributed by atoms with E-state index < -0.39 is 0 Å². The molecule has 37 heavy (non-hydrogen) atoms. The van der Waals surface area contributed by atoms with Crippen LogP contribution in [0.4, 0.5) is 0 Å². The standard InChI is InChI=1S/C24H47N7O6/c1-4-26(14-10-25-37)11-7-22(34)29-19-30(23(35)8-12-27(5-2)15-17-32)21-31(20-29)24(36)9-13-28(6-3)16-18-33/h32-33H,4-21H2,1-3H3.